The quantitative estimate of drug-likeness (QED) is 0.188. The molecule has 1 fully saturated rings. The number of benzene rings is 3. The number of sulfonamides is 1. The van der Waals surface area contributed by atoms with Crippen molar-refractivity contribution in [3.8, 4) is 17.3 Å². The van der Waals surface area contributed by atoms with E-state index in [4.69, 9.17) is 4.74 Å². The lowest BCUT2D eigenvalue weighted by atomic mass is 10.1. The van der Waals surface area contributed by atoms with Gasteiger partial charge in [-0.15, -0.1) is 0 Å². The molecule has 1 saturated heterocycles. The molecular formula is C29H26F3N5O6S. The van der Waals surface area contributed by atoms with Gasteiger partial charge >= 0.3 is 6.18 Å². The van der Waals surface area contributed by atoms with Crippen molar-refractivity contribution in [3.05, 3.63) is 105 Å². The van der Waals surface area contributed by atoms with Crippen molar-refractivity contribution in [3.63, 3.8) is 0 Å². The zero-order chi connectivity index (χ0) is 31.6. The van der Waals surface area contributed by atoms with E-state index in [0.717, 1.165) is 24.3 Å². The van der Waals surface area contributed by atoms with Crippen molar-refractivity contribution in [2.45, 2.75) is 37.4 Å². The van der Waals surface area contributed by atoms with Gasteiger partial charge in [0.2, 0.25) is 15.9 Å². The van der Waals surface area contributed by atoms with E-state index in [-0.39, 0.29) is 48.1 Å². The molecule has 0 bridgehead atoms. The number of nitro benzene ring substituents is 1. The molecule has 0 spiro atoms. The zero-order valence-electron chi connectivity index (χ0n) is 23.2. The summed E-state index contributed by atoms with van der Waals surface area (Å²) < 4.78 is 75.1. The number of alkyl halides is 3. The van der Waals surface area contributed by atoms with Gasteiger partial charge in [-0.2, -0.15) is 27.3 Å². The Morgan fingerprint density at radius 3 is 2.41 bits per heavy atom. The molecule has 2 heterocycles. The summed E-state index contributed by atoms with van der Waals surface area (Å²) in [5.74, 6) is -0.959. The highest BCUT2D eigenvalue weighted by Gasteiger charge is 2.33. The van der Waals surface area contributed by atoms with Crippen LogP contribution in [-0.4, -0.2) is 46.4 Å². The van der Waals surface area contributed by atoms with E-state index >= 15 is 0 Å². The Hall–Kier alpha value is -4.76. The molecule has 0 radical (unpaired) electrons. The molecule has 4 aromatic rings. The number of non-ortho nitro benzene ring substituents is 1. The van der Waals surface area contributed by atoms with E-state index in [2.05, 4.69) is 10.4 Å². The third-order valence-electron chi connectivity index (χ3n) is 7.02. The summed E-state index contributed by atoms with van der Waals surface area (Å²) in [7, 11) is -4.18. The molecule has 1 aromatic heterocycles. The normalized spacial score (nSPS) is 14.0. The van der Waals surface area contributed by atoms with Crippen LogP contribution in [0.5, 0.6) is 11.6 Å². The molecule has 0 saturated carbocycles. The van der Waals surface area contributed by atoms with Crippen molar-refractivity contribution in [2.24, 2.45) is 0 Å². The molecule has 5 rings (SSSR count). The van der Waals surface area contributed by atoms with Gasteiger partial charge in [0, 0.05) is 37.3 Å². The predicted molar refractivity (Wildman–Crippen MR) is 152 cm³/mol. The van der Waals surface area contributed by atoms with E-state index in [0.29, 0.717) is 18.5 Å². The smallest absolute Gasteiger partial charge is 0.416 e. The number of nitro groups is 1. The lowest BCUT2D eigenvalue weighted by molar-refractivity contribution is -0.385. The summed E-state index contributed by atoms with van der Waals surface area (Å²) in [6.07, 6.45) is -3.26. The molecule has 15 heteroatoms. The van der Waals surface area contributed by atoms with Crippen LogP contribution < -0.4 is 10.1 Å². The molecule has 11 nitrogen and oxygen atoms in total. The lowest BCUT2D eigenvalue weighted by Crippen LogP contribution is -2.28. The fourth-order valence-corrected chi connectivity index (χ4v) is 6.40. The van der Waals surface area contributed by atoms with Crippen molar-refractivity contribution in [1.82, 2.24) is 19.4 Å². The van der Waals surface area contributed by atoms with Gasteiger partial charge < -0.3 is 10.1 Å². The average molecular weight is 630 g/mol. The van der Waals surface area contributed by atoms with Crippen molar-refractivity contribution < 1.29 is 36.0 Å². The van der Waals surface area contributed by atoms with Gasteiger partial charge in [0.15, 0.2) is 5.69 Å². The minimum Gasteiger partial charge on any atom is -0.437 e. The number of rotatable bonds is 9. The number of carbonyl (C=O) groups is 1. The summed E-state index contributed by atoms with van der Waals surface area (Å²) in [6.45, 7) is 1.79. The number of halogens is 3. The number of nitrogens with one attached hydrogen (secondary N) is 1. The van der Waals surface area contributed by atoms with Gasteiger partial charge in [-0.3, -0.25) is 14.9 Å². The van der Waals surface area contributed by atoms with E-state index in [1.165, 1.54) is 34.1 Å². The second-order valence-electron chi connectivity index (χ2n) is 10.0. The van der Waals surface area contributed by atoms with E-state index in [1.54, 1.807) is 30.3 Å². The van der Waals surface area contributed by atoms with Crippen molar-refractivity contribution in [2.75, 3.05) is 13.1 Å². The Labute approximate surface area is 250 Å². The molecule has 0 unspecified atom stereocenters. The fourth-order valence-electron chi connectivity index (χ4n) is 4.75. The first-order chi connectivity index (χ1) is 20.9. The molecule has 44 heavy (non-hydrogen) atoms. The number of amides is 1. The van der Waals surface area contributed by atoms with Crippen molar-refractivity contribution in [1.29, 1.82) is 0 Å². The molecular weight excluding hydrogens is 603 g/mol. The minimum atomic E-state index is -4.55. The van der Waals surface area contributed by atoms with Crippen LogP contribution in [-0.2, 0) is 22.7 Å². The van der Waals surface area contributed by atoms with Crippen molar-refractivity contribution >= 4 is 21.6 Å². The van der Waals surface area contributed by atoms with Gasteiger partial charge in [-0.25, -0.2) is 8.42 Å². The number of para-hydroxylation sites is 1. The number of aromatic nitrogens is 2. The van der Waals surface area contributed by atoms with Crippen LogP contribution in [0.2, 0.25) is 0 Å². The average Bonchev–Trinajstić information content (AvgIpc) is 3.66. The van der Waals surface area contributed by atoms with Gasteiger partial charge in [0.25, 0.3) is 11.6 Å². The van der Waals surface area contributed by atoms with E-state index in [1.807, 2.05) is 0 Å². The Bertz CT molecular complexity index is 1820. The van der Waals surface area contributed by atoms with Gasteiger partial charge in [0.1, 0.15) is 10.6 Å². The van der Waals surface area contributed by atoms with Crippen LogP contribution in [0.4, 0.5) is 18.9 Å². The molecule has 0 aliphatic carbocycles. The van der Waals surface area contributed by atoms with Crippen LogP contribution in [0.1, 0.15) is 40.0 Å². The number of hydrogen-bond donors (Lipinski definition) is 1. The molecule has 1 N–H and O–H groups in total. The lowest BCUT2D eigenvalue weighted by Gasteiger charge is -2.18. The highest BCUT2D eigenvalue weighted by atomic mass is 32.2. The number of ether oxygens (including phenoxy) is 1. The number of carbonyl (C=O) groups excluding carboxylic acids is 1. The minimum absolute atomic E-state index is 0.0351. The molecule has 230 valence electrons. The number of hydrogen-bond acceptors (Lipinski definition) is 7. The maximum atomic E-state index is 13.5. The molecule has 1 aliphatic rings. The topological polar surface area (TPSA) is 137 Å². The SMILES string of the molecule is Cc1c(C(=O)NCc2cccc(C(F)(F)F)c2)nn(-c2ccccc2)c1Oc1ccc([N+](=O)[O-])cc1S(=O)(=O)N1CCCC1. The predicted octanol–water partition coefficient (Wildman–Crippen LogP) is 5.61. The maximum Gasteiger partial charge on any atom is 0.416 e. The maximum absolute atomic E-state index is 13.5. The standard InChI is InChI=1S/C29H26F3N5O6S/c1-19-26(27(38)33-18-20-8-7-9-21(16-20)29(30,31)32)34-36(22-10-3-2-4-11-22)28(19)43-24-13-12-23(37(39)40)17-25(24)44(41,42)35-14-5-6-15-35/h2-4,7-13,16-17H,5-6,14-15,18H2,1H3,(H,33,38). The third kappa shape index (κ3) is 6.28. The second-order valence-corrected chi connectivity index (χ2v) is 11.9. The fraction of sp³-hybridized carbons (Fsp3) is 0.241. The Balaban J connectivity index is 1.53. The summed E-state index contributed by atoms with van der Waals surface area (Å²) in [4.78, 5) is 23.6. The van der Waals surface area contributed by atoms with Crippen LogP contribution in [0.25, 0.3) is 5.69 Å². The van der Waals surface area contributed by atoms with Crippen LogP contribution >= 0.6 is 0 Å². The van der Waals surface area contributed by atoms with Gasteiger partial charge in [-0.1, -0.05) is 30.3 Å². The molecule has 1 aliphatic heterocycles. The summed E-state index contributed by atoms with van der Waals surface area (Å²) in [5.41, 5.74) is -0.564. The first kappa shape index (κ1) is 30.7. The largest absolute Gasteiger partial charge is 0.437 e. The Morgan fingerprint density at radius 2 is 1.75 bits per heavy atom. The highest BCUT2D eigenvalue weighted by molar-refractivity contribution is 7.89. The Kier molecular flexibility index (Phi) is 8.43. The summed E-state index contributed by atoms with van der Waals surface area (Å²) in [5, 5.41) is 18.5. The zero-order valence-corrected chi connectivity index (χ0v) is 24.1. The van der Waals surface area contributed by atoms with Crippen LogP contribution in [0, 0.1) is 17.0 Å². The highest BCUT2D eigenvalue weighted by Crippen LogP contribution is 2.37. The van der Waals surface area contributed by atoms with Crippen LogP contribution in [0.3, 0.4) is 0 Å². The van der Waals surface area contributed by atoms with Gasteiger partial charge in [0.05, 0.1) is 16.2 Å². The molecule has 3 aromatic carbocycles. The first-order valence-corrected chi connectivity index (χ1v) is 14.9. The third-order valence-corrected chi connectivity index (χ3v) is 8.94. The molecule has 1 amide bonds. The van der Waals surface area contributed by atoms with Gasteiger partial charge in [-0.05, 0) is 55.7 Å². The monoisotopic (exact) mass is 629 g/mol. The molecule has 0 atom stereocenters. The summed E-state index contributed by atoms with van der Waals surface area (Å²) in [6, 6.07) is 16.3. The summed E-state index contributed by atoms with van der Waals surface area (Å²) >= 11 is 0. The Morgan fingerprint density at radius 1 is 1.05 bits per heavy atom. The van der Waals surface area contributed by atoms with E-state index in [9.17, 15) is 36.5 Å². The number of nitrogens with zero attached hydrogens (tertiary/aromatic N) is 4. The second kappa shape index (κ2) is 12.1. The first-order valence-electron chi connectivity index (χ1n) is 13.4. The van der Waals surface area contributed by atoms with Crippen LogP contribution in [0.15, 0.2) is 77.7 Å². The van der Waals surface area contributed by atoms with E-state index < -0.39 is 43.2 Å².